The molecule has 2 aromatic rings. The summed E-state index contributed by atoms with van der Waals surface area (Å²) >= 11 is 0. The second-order valence-electron chi connectivity index (χ2n) is 3.26. The lowest BCUT2D eigenvalue weighted by Gasteiger charge is -2.07. The predicted octanol–water partition coefficient (Wildman–Crippen LogP) is 1.73. The van der Waals surface area contributed by atoms with Crippen LogP contribution < -0.4 is 10.1 Å². The van der Waals surface area contributed by atoms with E-state index >= 15 is 0 Å². The van der Waals surface area contributed by atoms with Crippen LogP contribution in [0.3, 0.4) is 0 Å². The summed E-state index contributed by atoms with van der Waals surface area (Å²) in [7, 11) is 3.22. The third kappa shape index (κ3) is 2.30. The number of hydrogen-bond acceptors (Lipinski definition) is 5. The van der Waals surface area contributed by atoms with Crippen LogP contribution >= 0.6 is 0 Å². The molecule has 0 aliphatic heterocycles. The SMILES string of the molecule is CNc1cnnc(-c2cc(F)ccc2OC)n1. The first-order chi connectivity index (χ1) is 8.24. The van der Waals surface area contributed by atoms with Crippen molar-refractivity contribution in [1.82, 2.24) is 15.2 Å². The summed E-state index contributed by atoms with van der Waals surface area (Å²) < 4.78 is 18.3. The van der Waals surface area contributed by atoms with Crippen molar-refractivity contribution in [1.29, 1.82) is 0 Å². The summed E-state index contributed by atoms with van der Waals surface area (Å²) in [5.74, 6) is 0.996. The molecular weight excluding hydrogens is 223 g/mol. The van der Waals surface area contributed by atoms with E-state index in [1.807, 2.05) is 0 Å². The summed E-state index contributed by atoms with van der Waals surface area (Å²) in [5, 5.41) is 10.5. The van der Waals surface area contributed by atoms with Crippen LogP contribution in [0.15, 0.2) is 24.4 Å². The smallest absolute Gasteiger partial charge is 0.187 e. The van der Waals surface area contributed by atoms with E-state index in [0.29, 0.717) is 23.0 Å². The fourth-order valence-corrected chi connectivity index (χ4v) is 1.39. The number of rotatable bonds is 3. The molecule has 1 heterocycles. The fourth-order valence-electron chi connectivity index (χ4n) is 1.39. The van der Waals surface area contributed by atoms with Crippen molar-refractivity contribution in [2.24, 2.45) is 0 Å². The number of aromatic nitrogens is 3. The summed E-state index contributed by atoms with van der Waals surface area (Å²) in [6, 6.07) is 4.16. The highest BCUT2D eigenvalue weighted by atomic mass is 19.1. The maximum Gasteiger partial charge on any atom is 0.187 e. The van der Waals surface area contributed by atoms with Crippen molar-refractivity contribution in [3.63, 3.8) is 0 Å². The zero-order chi connectivity index (χ0) is 12.3. The number of nitrogens with zero attached hydrogens (tertiary/aromatic N) is 3. The van der Waals surface area contributed by atoms with Crippen molar-refractivity contribution >= 4 is 5.82 Å². The second kappa shape index (κ2) is 4.73. The van der Waals surface area contributed by atoms with Gasteiger partial charge < -0.3 is 10.1 Å². The van der Waals surface area contributed by atoms with Crippen LogP contribution in [0, 0.1) is 5.82 Å². The molecule has 0 fully saturated rings. The second-order valence-corrected chi connectivity index (χ2v) is 3.26. The summed E-state index contributed by atoms with van der Waals surface area (Å²) in [5.41, 5.74) is 0.470. The first-order valence-electron chi connectivity index (χ1n) is 4.96. The molecule has 0 radical (unpaired) electrons. The van der Waals surface area contributed by atoms with E-state index in [9.17, 15) is 4.39 Å². The normalized spacial score (nSPS) is 10.1. The average molecular weight is 234 g/mol. The topological polar surface area (TPSA) is 59.9 Å². The van der Waals surface area contributed by atoms with Gasteiger partial charge in [0.1, 0.15) is 17.4 Å². The van der Waals surface area contributed by atoms with E-state index in [1.165, 1.54) is 31.5 Å². The summed E-state index contributed by atoms with van der Waals surface area (Å²) in [6.45, 7) is 0. The van der Waals surface area contributed by atoms with Crippen molar-refractivity contribution in [3.8, 4) is 17.1 Å². The number of nitrogens with one attached hydrogen (secondary N) is 1. The van der Waals surface area contributed by atoms with Crippen LogP contribution in [-0.4, -0.2) is 29.3 Å². The zero-order valence-electron chi connectivity index (χ0n) is 9.44. The molecular formula is C11H11FN4O. The van der Waals surface area contributed by atoms with E-state index in [2.05, 4.69) is 20.5 Å². The van der Waals surface area contributed by atoms with Gasteiger partial charge in [-0.05, 0) is 18.2 Å². The standard InChI is InChI=1S/C11H11FN4O/c1-13-10-6-14-16-11(15-10)8-5-7(12)3-4-9(8)17-2/h3-6H,1-2H3,(H,13,15,16). The van der Waals surface area contributed by atoms with Gasteiger partial charge in [0.15, 0.2) is 5.82 Å². The van der Waals surface area contributed by atoms with Gasteiger partial charge in [0.05, 0.1) is 18.9 Å². The number of hydrogen-bond donors (Lipinski definition) is 1. The highest BCUT2D eigenvalue weighted by Gasteiger charge is 2.11. The average Bonchev–Trinajstić information content (AvgIpc) is 2.39. The van der Waals surface area contributed by atoms with Crippen LogP contribution in [-0.2, 0) is 0 Å². The van der Waals surface area contributed by atoms with E-state index in [4.69, 9.17) is 4.74 Å². The van der Waals surface area contributed by atoms with Gasteiger partial charge in [-0.3, -0.25) is 0 Å². The molecule has 6 heteroatoms. The number of benzene rings is 1. The third-order valence-corrected chi connectivity index (χ3v) is 2.22. The van der Waals surface area contributed by atoms with Crippen molar-refractivity contribution in [2.45, 2.75) is 0 Å². The Morgan fingerprint density at radius 2 is 2.18 bits per heavy atom. The van der Waals surface area contributed by atoms with Crippen LogP contribution in [0.5, 0.6) is 5.75 Å². The molecule has 0 aliphatic rings. The molecule has 1 aromatic carbocycles. The van der Waals surface area contributed by atoms with E-state index in [-0.39, 0.29) is 5.82 Å². The van der Waals surface area contributed by atoms with Crippen LogP contribution in [0.1, 0.15) is 0 Å². The first kappa shape index (κ1) is 11.3. The predicted molar refractivity (Wildman–Crippen MR) is 61.3 cm³/mol. The van der Waals surface area contributed by atoms with Gasteiger partial charge in [-0.1, -0.05) is 0 Å². The number of anilines is 1. The first-order valence-corrected chi connectivity index (χ1v) is 4.96. The molecule has 0 saturated carbocycles. The van der Waals surface area contributed by atoms with Gasteiger partial charge in [0, 0.05) is 7.05 Å². The molecule has 0 saturated heterocycles. The minimum atomic E-state index is -0.376. The maximum atomic E-state index is 13.2. The molecule has 17 heavy (non-hydrogen) atoms. The quantitative estimate of drug-likeness (QED) is 0.876. The van der Waals surface area contributed by atoms with E-state index in [0.717, 1.165) is 0 Å². The van der Waals surface area contributed by atoms with Gasteiger partial charge in [0.25, 0.3) is 0 Å². The van der Waals surface area contributed by atoms with E-state index < -0.39 is 0 Å². The maximum absolute atomic E-state index is 13.2. The third-order valence-electron chi connectivity index (χ3n) is 2.22. The van der Waals surface area contributed by atoms with Gasteiger partial charge >= 0.3 is 0 Å². The molecule has 0 atom stereocenters. The molecule has 1 aromatic heterocycles. The van der Waals surface area contributed by atoms with Crippen LogP contribution in [0.4, 0.5) is 10.2 Å². The summed E-state index contributed by atoms with van der Waals surface area (Å²) in [6.07, 6.45) is 1.48. The molecule has 2 rings (SSSR count). The molecule has 0 aliphatic carbocycles. The highest BCUT2D eigenvalue weighted by molar-refractivity contribution is 5.64. The molecule has 0 spiro atoms. The van der Waals surface area contributed by atoms with Crippen molar-refractivity contribution < 1.29 is 9.13 Å². The Labute approximate surface area is 97.7 Å². The Hall–Kier alpha value is -2.24. The molecule has 0 bridgehead atoms. The molecule has 1 N–H and O–H groups in total. The molecule has 0 unspecified atom stereocenters. The van der Waals surface area contributed by atoms with Gasteiger partial charge in [0.2, 0.25) is 0 Å². The van der Waals surface area contributed by atoms with Gasteiger partial charge in [-0.2, -0.15) is 5.10 Å². The lowest BCUT2D eigenvalue weighted by Crippen LogP contribution is -2.00. The summed E-state index contributed by atoms with van der Waals surface area (Å²) in [4.78, 5) is 4.18. The van der Waals surface area contributed by atoms with Crippen LogP contribution in [0.25, 0.3) is 11.4 Å². The Morgan fingerprint density at radius 1 is 1.35 bits per heavy atom. The Kier molecular flexibility index (Phi) is 3.13. The minimum absolute atomic E-state index is 0.313. The fraction of sp³-hybridized carbons (Fsp3) is 0.182. The lowest BCUT2D eigenvalue weighted by atomic mass is 10.2. The van der Waals surface area contributed by atoms with Crippen molar-refractivity contribution in [2.75, 3.05) is 19.5 Å². The molecule has 5 nitrogen and oxygen atoms in total. The Balaban J connectivity index is 2.54. The lowest BCUT2D eigenvalue weighted by molar-refractivity contribution is 0.415. The Bertz CT molecular complexity index is 533. The highest BCUT2D eigenvalue weighted by Crippen LogP contribution is 2.27. The Morgan fingerprint density at radius 3 is 2.88 bits per heavy atom. The molecule has 88 valence electrons. The minimum Gasteiger partial charge on any atom is -0.496 e. The number of methoxy groups -OCH3 is 1. The van der Waals surface area contributed by atoms with Gasteiger partial charge in [-0.25, -0.2) is 9.37 Å². The van der Waals surface area contributed by atoms with E-state index in [1.54, 1.807) is 7.05 Å². The van der Waals surface area contributed by atoms with Crippen molar-refractivity contribution in [3.05, 3.63) is 30.2 Å². The van der Waals surface area contributed by atoms with Crippen LogP contribution in [0.2, 0.25) is 0 Å². The number of halogens is 1. The number of ether oxygens (including phenoxy) is 1. The monoisotopic (exact) mass is 234 g/mol. The van der Waals surface area contributed by atoms with Gasteiger partial charge in [-0.15, -0.1) is 5.10 Å². The molecule has 0 amide bonds. The largest absolute Gasteiger partial charge is 0.496 e. The zero-order valence-corrected chi connectivity index (χ0v) is 9.44.